The van der Waals surface area contributed by atoms with E-state index in [0.29, 0.717) is 15.8 Å². The lowest BCUT2D eigenvalue weighted by Crippen LogP contribution is -2.27. The van der Waals surface area contributed by atoms with Crippen molar-refractivity contribution in [1.29, 1.82) is 0 Å². The normalized spacial score (nSPS) is 11.4. The molecule has 26 heavy (non-hydrogen) atoms. The molecule has 0 aliphatic carbocycles. The Morgan fingerprint density at radius 1 is 1.35 bits per heavy atom. The predicted octanol–water partition coefficient (Wildman–Crippen LogP) is 4.70. The van der Waals surface area contributed by atoms with Crippen LogP contribution in [0, 0.1) is 6.92 Å². The standard InChI is InChI=1S/C17H18ClN5O2S/c1-10-6-5-7-11(18)14(10)23-9-12(21-22-23)13-8-19-15(26-13)20-16(24)25-17(2,3)4/h5-9H,1-4H3,(H,19,20,24). The van der Waals surface area contributed by atoms with Crippen LogP contribution in [0.25, 0.3) is 16.3 Å². The summed E-state index contributed by atoms with van der Waals surface area (Å²) in [7, 11) is 0. The van der Waals surface area contributed by atoms with Crippen LogP contribution in [0.1, 0.15) is 26.3 Å². The van der Waals surface area contributed by atoms with Gasteiger partial charge in [-0.25, -0.2) is 14.5 Å². The number of amides is 1. The van der Waals surface area contributed by atoms with Crippen molar-refractivity contribution < 1.29 is 9.53 Å². The number of hydrogen-bond acceptors (Lipinski definition) is 6. The van der Waals surface area contributed by atoms with E-state index in [0.717, 1.165) is 16.1 Å². The highest BCUT2D eigenvalue weighted by molar-refractivity contribution is 7.19. The number of halogens is 1. The fourth-order valence-electron chi connectivity index (χ4n) is 2.24. The summed E-state index contributed by atoms with van der Waals surface area (Å²) in [6.07, 6.45) is 2.86. The molecule has 0 saturated carbocycles. The first-order valence-electron chi connectivity index (χ1n) is 7.87. The maximum atomic E-state index is 11.8. The van der Waals surface area contributed by atoms with Gasteiger partial charge in [0.25, 0.3) is 0 Å². The number of hydrogen-bond donors (Lipinski definition) is 1. The van der Waals surface area contributed by atoms with Crippen LogP contribution in [0.2, 0.25) is 5.02 Å². The molecule has 0 saturated heterocycles. The molecule has 0 atom stereocenters. The van der Waals surface area contributed by atoms with E-state index in [1.54, 1.807) is 43.9 Å². The number of anilines is 1. The van der Waals surface area contributed by atoms with Crippen LogP contribution in [0.4, 0.5) is 9.93 Å². The van der Waals surface area contributed by atoms with Crippen LogP contribution in [0.15, 0.2) is 30.6 Å². The molecule has 1 N–H and O–H groups in total. The van der Waals surface area contributed by atoms with Gasteiger partial charge < -0.3 is 4.74 Å². The molecule has 7 nitrogen and oxygen atoms in total. The van der Waals surface area contributed by atoms with Crippen LogP contribution < -0.4 is 5.32 Å². The fraction of sp³-hybridized carbons (Fsp3) is 0.294. The Balaban J connectivity index is 1.79. The summed E-state index contributed by atoms with van der Waals surface area (Å²) in [5, 5.41) is 12.0. The highest BCUT2D eigenvalue weighted by atomic mass is 35.5. The number of thiazole rings is 1. The van der Waals surface area contributed by atoms with Crippen LogP contribution in [0.3, 0.4) is 0 Å². The van der Waals surface area contributed by atoms with Crippen molar-refractivity contribution >= 4 is 34.2 Å². The number of ether oxygens (including phenoxy) is 1. The highest BCUT2D eigenvalue weighted by Gasteiger charge is 2.18. The van der Waals surface area contributed by atoms with E-state index in [4.69, 9.17) is 16.3 Å². The summed E-state index contributed by atoms with van der Waals surface area (Å²) in [6.45, 7) is 7.36. The van der Waals surface area contributed by atoms with Gasteiger partial charge in [-0.05, 0) is 39.3 Å². The topological polar surface area (TPSA) is 81.9 Å². The van der Waals surface area contributed by atoms with Gasteiger partial charge in [0.05, 0.1) is 21.8 Å². The second-order valence-electron chi connectivity index (χ2n) is 6.61. The first-order chi connectivity index (χ1) is 12.2. The molecule has 0 bridgehead atoms. The van der Waals surface area contributed by atoms with Gasteiger partial charge >= 0.3 is 6.09 Å². The zero-order valence-corrected chi connectivity index (χ0v) is 16.4. The number of aromatic nitrogens is 4. The van der Waals surface area contributed by atoms with Crippen LogP contribution in [-0.4, -0.2) is 31.7 Å². The average molecular weight is 392 g/mol. The molecule has 0 spiro atoms. The Bertz CT molecular complexity index is 925. The van der Waals surface area contributed by atoms with E-state index in [2.05, 4.69) is 20.6 Å². The number of nitrogens with zero attached hydrogens (tertiary/aromatic N) is 4. The van der Waals surface area contributed by atoms with E-state index in [1.807, 2.05) is 19.1 Å². The van der Waals surface area contributed by atoms with Crippen LogP contribution >= 0.6 is 22.9 Å². The van der Waals surface area contributed by atoms with E-state index >= 15 is 0 Å². The van der Waals surface area contributed by atoms with Crippen LogP contribution in [-0.2, 0) is 4.74 Å². The Morgan fingerprint density at radius 3 is 2.81 bits per heavy atom. The Hall–Kier alpha value is -2.45. The average Bonchev–Trinajstić information content (AvgIpc) is 3.14. The third-order valence-corrected chi connectivity index (χ3v) is 4.52. The molecule has 0 radical (unpaired) electrons. The van der Waals surface area contributed by atoms with Gasteiger partial charge in [-0.3, -0.25) is 5.32 Å². The van der Waals surface area contributed by atoms with Gasteiger partial charge in [-0.15, -0.1) is 5.10 Å². The molecule has 0 aliphatic rings. The molecule has 2 heterocycles. The number of aryl methyl sites for hydroxylation is 1. The summed E-state index contributed by atoms with van der Waals surface area (Å²) in [4.78, 5) is 16.8. The van der Waals surface area contributed by atoms with E-state index in [9.17, 15) is 4.79 Å². The zero-order chi connectivity index (χ0) is 18.9. The van der Waals surface area contributed by atoms with Crippen molar-refractivity contribution in [3.8, 4) is 16.3 Å². The molecule has 136 valence electrons. The van der Waals surface area contributed by atoms with Crippen molar-refractivity contribution in [2.45, 2.75) is 33.3 Å². The number of nitrogens with one attached hydrogen (secondary N) is 1. The Kier molecular flexibility index (Phi) is 4.97. The quantitative estimate of drug-likeness (QED) is 0.699. The molecular weight excluding hydrogens is 374 g/mol. The van der Waals surface area contributed by atoms with Gasteiger partial charge in [0.1, 0.15) is 11.3 Å². The molecule has 1 amide bonds. The maximum Gasteiger partial charge on any atom is 0.413 e. The third kappa shape index (κ3) is 4.20. The van der Waals surface area contributed by atoms with Crippen molar-refractivity contribution in [2.24, 2.45) is 0 Å². The van der Waals surface area contributed by atoms with E-state index in [1.165, 1.54) is 11.3 Å². The molecular formula is C17H18ClN5O2S. The first-order valence-corrected chi connectivity index (χ1v) is 9.06. The third-order valence-electron chi connectivity index (χ3n) is 3.28. The molecule has 2 aromatic heterocycles. The minimum atomic E-state index is -0.570. The highest BCUT2D eigenvalue weighted by Crippen LogP contribution is 2.29. The molecule has 0 fully saturated rings. The van der Waals surface area contributed by atoms with Gasteiger partial charge in [0, 0.05) is 6.20 Å². The lowest BCUT2D eigenvalue weighted by atomic mass is 10.2. The minimum Gasteiger partial charge on any atom is -0.444 e. The second kappa shape index (κ2) is 7.05. The Labute approximate surface area is 160 Å². The molecule has 0 aliphatic heterocycles. The number of rotatable bonds is 3. The maximum absolute atomic E-state index is 11.8. The fourth-order valence-corrected chi connectivity index (χ4v) is 3.30. The number of para-hydroxylation sites is 1. The lowest BCUT2D eigenvalue weighted by molar-refractivity contribution is 0.0636. The Morgan fingerprint density at radius 2 is 2.12 bits per heavy atom. The monoisotopic (exact) mass is 391 g/mol. The smallest absolute Gasteiger partial charge is 0.413 e. The van der Waals surface area contributed by atoms with Crippen molar-refractivity contribution in [1.82, 2.24) is 20.0 Å². The van der Waals surface area contributed by atoms with E-state index in [-0.39, 0.29) is 0 Å². The largest absolute Gasteiger partial charge is 0.444 e. The summed E-state index contributed by atoms with van der Waals surface area (Å²) in [5.74, 6) is 0. The molecule has 3 rings (SSSR count). The number of carbonyl (C=O) groups excluding carboxylic acids is 1. The molecule has 0 unspecified atom stereocenters. The van der Waals surface area contributed by atoms with Gasteiger partial charge in [-0.2, -0.15) is 0 Å². The van der Waals surface area contributed by atoms with Gasteiger partial charge in [0.2, 0.25) is 0 Å². The molecule has 3 aromatic rings. The molecule has 9 heteroatoms. The van der Waals surface area contributed by atoms with Crippen molar-refractivity contribution in [2.75, 3.05) is 5.32 Å². The SMILES string of the molecule is Cc1cccc(Cl)c1-n1cc(-c2cnc(NC(=O)OC(C)(C)C)s2)nn1. The van der Waals surface area contributed by atoms with Crippen LogP contribution in [0.5, 0.6) is 0 Å². The van der Waals surface area contributed by atoms with E-state index < -0.39 is 11.7 Å². The van der Waals surface area contributed by atoms with Gasteiger partial charge in [0.15, 0.2) is 5.13 Å². The zero-order valence-electron chi connectivity index (χ0n) is 14.8. The summed E-state index contributed by atoms with van der Waals surface area (Å²) >= 11 is 7.56. The second-order valence-corrected chi connectivity index (χ2v) is 8.05. The number of carbonyl (C=O) groups is 1. The summed E-state index contributed by atoms with van der Waals surface area (Å²) < 4.78 is 6.85. The lowest BCUT2D eigenvalue weighted by Gasteiger charge is -2.18. The summed E-state index contributed by atoms with van der Waals surface area (Å²) in [5.41, 5.74) is 1.84. The first kappa shape index (κ1) is 18.3. The number of benzene rings is 1. The minimum absolute atomic E-state index is 0.428. The molecule has 1 aromatic carbocycles. The summed E-state index contributed by atoms with van der Waals surface area (Å²) in [6, 6.07) is 5.65. The van der Waals surface area contributed by atoms with Crippen molar-refractivity contribution in [3.63, 3.8) is 0 Å². The van der Waals surface area contributed by atoms with Crippen molar-refractivity contribution in [3.05, 3.63) is 41.2 Å². The van der Waals surface area contributed by atoms with Gasteiger partial charge in [-0.1, -0.05) is 40.3 Å². The predicted molar refractivity (Wildman–Crippen MR) is 102 cm³/mol.